The van der Waals surface area contributed by atoms with E-state index in [1.165, 1.54) is 12.1 Å². The summed E-state index contributed by atoms with van der Waals surface area (Å²) in [6, 6.07) is 12.7. The van der Waals surface area contributed by atoms with Gasteiger partial charge >= 0.3 is 6.03 Å². The smallest absolute Gasteiger partial charge is 0.322 e. The lowest BCUT2D eigenvalue weighted by Crippen LogP contribution is -2.50. The molecule has 0 aromatic heterocycles. The molecule has 156 valence electrons. The average Bonchev–Trinajstić information content (AvgIpc) is 3.01. The number of anilines is 1. The van der Waals surface area contributed by atoms with Crippen LogP contribution in [0.4, 0.5) is 14.9 Å². The molecule has 0 unspecified atom stereocenters. The fraction of sp³-hybridized carbons (Fsp3) is 0.318. The minimum Gasteiger partial charge on any atom is -0.489 e. The van der Waals surface area contributed by atoms with E-state index in [4.69, 9.17) is 4.74 Å². The third-order valence-corrected chi connectivity index (χ3v) is 5.64. The molecular formula is C22H22FN3O4. The fourth-order valence-electron chi connectivity index (χ4n) is 3.91. The minimum absolute atomic E-state index is 0.120. The van der Waals surface area contributed by atoms with Crippen LogP contribution >= 0.6 is 0 Å². The van der Waals surface area contributed by atoms with Crippen LogP contribution in [0.25, 0.3) is 0 Å². The maximum atomic E-state index is 13.0. The fourth-order valence-corrected chi connectivity index (χ4v) is 3.91. The van der Waals surface area contributed by atoms with Crippen LogP contribution in [0.2, 0.25) is 0 Å². The minimum atomic E-state index is -0.873. The lowest BCUT2D eigenvalue weighted by Gasteiger charge is -2.33. The molecule has 1 aliphatic carbocycles. The van der Waals surface area contributed by atoms with E-state index in [-0.39, 0.29) is 30.2 Å². The number of benzene rings is 2. The monoisotopic (exact) mass is 411 g/mol. The third-order valence-electron chi connectivity index (χ3n) is 5.64. The topological polar surface area (TPSA) is 96.5 Å². The van der Waals surface area contributed by atoms with Gasteiger partial charge in [-0.2, -0.15) is 0 Å². The van der Waals surface area contributed by atoms with E-state index in [0.717, 1.165) is 5.56 Å². The first-order chi connectivity index (χ1) is 14.4. The zero-order valence-electron chi connectivity index (χ0n) is 16.2. The van der Waals surface area contributed by atoms with Gasteiger partial charge in [0.2, 0.25) is 5.91 Å². The second-order valence-corrected chi connectivity index (χ2v) is 7.70. The van der Waals surface area contributed by atoms with Crippen molar-refractivity contribution in [2.75, 3.05) is 5.32 Å². The Morgan fingerprint density at radius 2 is 1.87 bits per heavy atom. The van der Waals surface area contributed by atoms with Gasteiger partial charge in [-0.1, -0.05) is 18.2 Å². The van der Waals surface area contributed by atoms with E-state index in [1.54, 1.807) is 36.4 Å². The van der Waals surface area contributed by atoms with Gasteiger partial charge in [0.05, 0.1) is 0 Å². The zero-order valence-corrected chi connectivity index (χ0v) is 16.2. The van der Waals surface area contributed by atoms with Gasteiger partial charge in [0.1, 0.15) is 23.7 Å². The molecule has 3 N–H and O–H groups in total. The predicted molar refractivity (Wildman–Crippen MR) is 107 cm³/mol. The van der Waals surface area contributed by atoms with E-state index >= 15 is 0 Å². The van der Waals surface area contributed by atoms with Gasteiger partial charge in [-0.05, 0) is 55.5 Å². The largest absolute Gasteiger partial charge is 0.489 e. The van der Waals surface area contributed by atoms with Crippen LogP contribution in [0.1, 0.15) is 31.2 Å². The number of carbonyl (C=O) groups is 3. The number of urea groups is 1. The quantitative estimate of drug-likeness (QED) is 0.659. The highest BCUT2D eigenvalue weighted by atomic mass is 19.1. The second kappa shape index (κ2) is 8.14. The van der Waals surface area contributed by atoms with Crippen molar-refractivity contribution in [2.45, 2.75) is 37.8 Å². The van der Waals surface area contributed by atoms with Crippen molar-refractivity contribution in [3.63, 3.8) is 0 Å². The number of halogens is 1. The molecule has 7 nitrogen and oxygen atoms in total. The summed E-state index contributed by atoms with van der Waals surface area (Å²) in [5.41, 5.74) is 0.580. The number of amides is 4. The number of hydrogen-bond donors (Lipinski definition) is 3. The van der Waals surface area contributed by atoms with Crippen molar-refractivity contribution in [3.05, 3.63) is 59.9 Å². The Morgan fingerprint density at radius 1 is 1.13 bits per heavy atom. The second-order valence-electron chi connectivity index (χ2n) is 7.70. The molecule has 4 rings (SSSR count). The Bertz CT molecular complexity index is 969. The number of hydrogen-bond acceptors (Lipinski definition) is 4. The lowest BCUT2D eigenvalue weighted by molar-refractivity contribution is -0.128. The molecule has 1 spiro atoms. The Balaban J connectivity index is 1.31. The maximum absolute atomic E-state index is 13.0. The first kappa shape index (κ1) is 19.9. The Labute approximate surface area is 173 Å². The van der Waals surface area contributed by atoms with Crippen molar-refractivity contribution >= 4 is 23.5 Å². The number of carbonyl (C=O) groups excluding carboxylic acids is 3. The van der Waals surface area contributed by atoms with Crippen molar-refractivity contribution in [3.8, 4) is 5.75 Å². The summed E-state index contributed by atoms with van der Waals surface area (Å²) in [6.07, 6.45) is 1.90. The van der Waals surface area contributed by atoms with Gasteiger partial charge in [0, 0.05) is 17.7 Å². The first-order valence-corrected chi connectivity index (χ1v) is 9.85. The molecule has 2 aromatic rings. The zero-order chi connectivity index (χ0) is 21.1. The molecule has 2 fully saturated rings. The van der Waals surface area contributed by atoms with E-state index in [2.05, 4.69) is 16.0 Å². The summed E-state index contributed by atoms with van der Waals surface area (Å²) in [4.78, 5) is 36.1. The van der Waals surface area contributed by atoms with E-state index in [9.17, 15) is 18.8 Å². The van der Waals surface area contributed by atoms with Crippen molar-refractivity contribution in [2.24, 2.45) is 5.92 Å². The predicted octanol–water partition coefficient (Wildman–Crippen LogP) is 3.11. The Morgan fingerprint density at radius 3 is 2.53 bits per heavy atom. The molecule has 0 bridgehead atoms. The number of imide groups is 1. The molecule has 4 amide bonds. The van der Waals surface area contributed by atoms with Crippen LogP contribution in [-0.2, 0) is 16.2 Å². The van der Waals surface area contributed by atoms with E-state index < -0.39 is 11.6 Å². The van der Waals surface area contributed by atoms with Crippen LogP contribution in [0, 0.1) is 11.7 Å². The van der Waals surface area contributed by atoms with Crippen molar-refractivity contribution in [1.82, 2.24) is 10.6 Å². The van der Waals surface area contributed by atoms with Crippen LogP contribution < -0.4 is 20.7 Å². The van der Waals surface area contributed by atoms with E-state index in [0.29, 0.717) is 37.1 Å². The summed E-state index contributed by atoms with van der Waals surface area (Å²) in [7, 11) is 0. The van der Waals surface area contributed by atoms with Crippen molar-refractivity contribution in [1.29, 1.82) is 0 Å². The van der Waals surface area contributed by atoms with Crippen LogP contribution in [0.5, 0.6) is 5.75 Å². The maximum Gasteiger partial charge on any atom is 0.322 e. The molecular weight excluding hydrogens is 389 g/mol. The molecule has 0 atom stereocenters. The molecule has 8 heteroatoms. The number of rotatable bonds is 5. The van der Waals surface area contributed by atoms with Gasteiger partial charge in [-0.3, -0.25) is 14.9 Å². The molecule has 1 aliphatic heterocycles. The van der Waals surface area contributed by atoms with Gasteiger partial charge in [0.25, 0.3) is 5.91 Å². The van der Waals surface area contributed by atoms with Crippen LogP contribution in [-0.4, -0.2) is 23.4 Å². The Hall–Kier alpha value is -3.42. The molecule has 0 radical (unpaired) electrons. The molecule has 2 aromatic carbocycles. The summed E-state index contributed by atoms with van der Waals surface area (Å²) in [6.45, 7) is 0.288. The van der Waals surface area contributed by atoms with Gasteiger partial charge in [-0.25, -0.2) is 9.18 Å². The standard InChI is InChI=1S/C22H22FN3O4/c23-16-6-4-14(5-7-16)13-30-18-3-1-2-17(12-18)24-19(27)15-8-10-22(11-9-15)20(28)25-21(29)26-22/h1-7,12,15H,8-11,13H2,(H,24,27)(H2,25,26,28,29). The molecule has 30 heavy (non-hydrogen) atoms. The molecule has 2 aliphatic rings. The molecule has 1 saturated heterocycles. The third kappa shape index (κ3) is 4.27. The number of ether oxygens (including phenoxy) is 1. The summed E-state index contributed by atoms with van der Waals surface area (Å²) in [5.74, 6) is -0.370. The molecule has 1 saturated carbocycles. The Kier molecular flexibility index (Phi) is 5.39. The number of nitrogens with one attached hydrogen (secondary N) is 3. The normalized spacial score (nSPS) is 23.0. The van der Waals surface area contributed by atoms with Crippen molar-refractivity contribution < 1.29 is 23.5 Å². The van der Waals surface area contributed by atoms with Crippen LogP contribution in [0.3, 0.4) is 0 Å². The summed E-state index contributed by atoms with van der Waals surface area (Å²) >= 11 is 0. The summed E-state index contributed by atoms with van der Waals surface area (Å²) in [5, 5.41) is 7.87. The van der Waals surface area contributed by atoms with E-state index in [1.807, 2.05) is 0 Å². The molecule has 1 heterocycles. The lowest BCUT2D eigenvalue weighted by atomic mass is 9.76. The van der Waals surface area contributed by atoms with Crippen LogP contribution in [0.15, 0.2) is 48.5 Å². The highest BCUT2D eigenvalue weighted by Gasteiger charge is 2.48. The van der Waals surface area contributed by atoms with Gasteiger partial charge in [-0.15, -0.1) is 0 Å². The average molecular weight is 411 g/mol. The van der Waals surface area contributed by atoms with Gasteiger partial charge in [0.15, 0.2) is 0 Å². The highest BCUT2D eigenvalue weighted by Crippen LogP contribution is 2.35. The summed E-state index contributed by atoms with van der Waals surface area (Å²) < 4.78 is 18.7. The SMILES string of the molecule is O=C1NC(=O)C2(CCC(C(=O)Nc3cccc(OCc4ccc(F)cc4)c3)CC2)N1. The van der Waals surface area contributed by atoms with Gasteiger partial charge < -0.3 is 15.4 Å². The first-order valence-electron chi connectivity index (χ1n) is 9.85. The highest BCUT2D eigenvalue weighted by molar-refractivity contribution is 6.07.